The summed E-state index contributed by atoms with van der Waals surface area (Å²) in [5.41, 5.74) is 0.379. The summed E-state index contributed by atoms with van der Waals surface area (Å²) in [7, 11) is 0. The molecule has 1 saturated heterocycles. The van der Waals surface area contributed by atoms with Gasteiger partial charge in [0.1, 0.15) is 12.1 Å². The van der Waals surface area contributed by atoms with Crippen molar-refractivity contribution in [2.45, 2.75) is 72.2 Å². The third kappa shape index (κ3) is 4.63. The molecule has 1 N–H and O–H groups in total. The molecular formula is C22H31N3O5. The van der Waals surface area contributed by atoms with Gasteiger partial charge in [-0.25, -0.2) is 4.79 Å². The van der Waals surface area contributed by atoms with Crippen molar-refractivity contribution in [1.82, 2.24) is 15.1 Å². The number of ether oxygens (including phenoxy) is 1. The molecule has 8 heteroatoms. The largest absolute Gasteiger partial charge is 0.451 e. The molecule has 1 aromatic carbocycles. The highest BCUT2D eigenvalue weighted by molar-refractivity contribution is 6.08. The van der Waals surface area contributed by atoms with Crippen LogP contribution >= 0.6 is 0 Å². The monoisotopic (exact) mass is 417 g/mol. The smallest absolute Gasteiger partial charge is 0.327 e. The van der Waals surface area contributed by atoms with Crippen molar-refractivity contribution in [1.29, 1.82) is 0 Å². The Balaban J connectivity index is 2.08. The first-order chi connectivity index (χ1) is 13.9. The number of hydrogen-bond acceptors (Lipinski definition) is 5. The highest BCUT2D eigenvalue weighted by atomic mass is 16.5. The summed E-state index contributed by atoms with van der Waals surface area (Å²) in [4.78, 5) is 52.8. The van der Waals surface area contributed by atoms with Crippen LogP contribution in [0.15, 0.2) is 24.3 Å². The molecule has 2 atom stereocenters. The van der Waals surface area contributed by atoms with Gasteiger partial charge in [0, 0.05) is 12.1 Å². The highest BCUT2D eigenvalue weighted by Crippen LogP contribution is 2.29. The number of urea groups is 1. The molecule has 0 radical (unpaired) electrons. The number of carbonyl (C=O) groups is 4. The zero-order valence-electron chi connectivity index (χ0n) is 18.7. The maximum atomic E-state index is 12.9. The Hall–Kier alpha value is -2.90. The number of imide groups is 1. The quantitative estimate of drug-likeness (QED) is 0.543. The number of esters is 1. The second-order valence-electron chi connectivity index (χ2n) is 8.38. The van der Waals surface area contributed by atoms with Crippen molar-refractivity contribution in [3.8, 4) is 0 Å². The van der Waals surface area contributed by atoms with Crippen molar-refractivity contribution in [2.24, 2.45) is 0 Å². The van der Waals surface area contributed by atoms with E-state index in [1.54, 1.807) is 24.0 Å². The van der Waals surface area contributed by atoms with Crippen LogP contribution in [-0.2, 0) is 24.7 Å². The fraction of sp³-hybridized carbons (Fsp3) is 0.545. The van der Waals surface area contributed by atoms with Crippen LogP contribution in [0.5, 0.6) is 0 Å². The van der Waals surface area contributed by atoms with E-state index in [0.717, 1.165) is 10.5 Å². The molecule has 2 rings (SSSR count). The molecule has 1 aliphatic heterocycles. The molecule has 0 aromatic heterocycles. The van der Waals surface area contributed by atoms with Crippen LogP contribution in [0.2, 0.25) is 0 Å². The minimum absolute atomic E-state index is 0.0557. The van der Waals surface area contributed by atoms with E-state index in [0.29, 0.717) is 5.56 Å². The summed E-state index contributed by atoms with van der Waals surface area (Å²) in [5, 5.41) is 2.65. The van der Waals surface area contributed by atoms with Crippen LogP contribution in [-0.4, -0.2) is 58.3 Å². The molecule has 1 aliphatic rings. The average molecular weight is 418 g/mol. The first kappa shape index (κ1) is 23.4. The summed E-state index contributed by atoms with van der Waals surface area (Å²) in [6.07, 6.45) is -1.02. The number of aryl methyl sites for hydroxylation is 1. The summed E-state index contributed by atoms with van der Waals surface area (Å²) in [6, 6.07) is 6.44. The SMILES string of the molecule is Cc1ccc([C@]2(C)NC(=O)N(CC(=O)O[C@H](C)C(=O)N(C(C)C)C(C)C)C2=O)cc1. The van der Waals surface area contributed by atoms with Gasteiger partial charge in [-0.15, -0.1) is 0 Å². The number of carbonyl (C=O) groups excluding carboxylic acids is 4. The van der Waals surface area contributed by atoms with Gasteiger partial charge in [0.25, 0.3) is 11.8 Å². The lowest BCUT2D eigenvalue weighted by molar-refractivity contribution is -0.162. The van der Waals surface area contributed by atoms with Crippen molar-refractivity contribution in [2.75, 3.05) is 6.54 Å². The molecule has 0 aliphatic carbocycles. The molecular weight excluding hydrogens is 386 g/mol. The number of hydrogen-bond donors (Lipinski definition) is 1. The summed E-state index contributed by atoms with van der Waals surface area (Å²) in [6.45, 7) is 12.0. The molecule has 1 aromatic rings. The van der Waals surface area contributed by atoms with Gasteiger partial charge in [0.15, 0.2) is 6.10 Å². The average Bonchev–Trinajstić information content (AvgIpc) is 2.85. The lowest BCUT2D eigenvalue weighted by Gasteiger charge is -2.32. The Morgan fingerprint density at radius 3 is 2.10 bits per heavy atom. The van der Waals surface area contributed by atoms with Gasteiger partial charge in [-0.05, 0) is 54.0 Å². The molecule has 0 spiro atoms. The first-order valence-electron chi connectivity index (χ1n) is 10.1. The number of nitrogens with one attached hydrogen (secondary N) is 1. The van der Waals surface area contributed by atoms with Crippen LogP contribution < -0.4 is 5.32 Å². The normalized spacial score (nSPS) is 19.8. The number of rotatable bonds is 7. The standard InChI is InChI=1S/C22H31N3O5/c1-13(2)25(14(3)4)19(27)16(6)30-18(26)12-24-20(28)22(7,23-21(24)29)17-10-8-15(5)9-11-17/h8-11,13-14,16H,12H2,1-7H3,(H,23,29)/t16-,22+/m1/s1. The Morgan fingerprint density at radius 1 is 1.07 bits per heavy atom. The topological polar surface area (TPSA) is 96.0 Å². The predicted molar refractivity (Wildman–Crippen MR) is 111 cm³/mol. The first-order valence-corrected chi connectivity index (χ1v) is 10.1. The number of nitrogens with zero attached hydrogens (tertiary/aromatic N) is 2. The molecule has 0 unspecified atom stereocenters. The van der Waals surface area contributed by atoms with E-state index in [1.165, 1.54) is 6.92 Å². The Kier molecular flexibility index (Phi) is 6.90. The third-order valence-corrected chi connectivity index (χ3v) is 5.21. The van der Waals surface area contributed by atoms with Gasteiger partial charge in [-0.1, -0.05) is 29.8 Å². The van der Waals surface area contributed by atoms with Gasteiger partial charge in [0.2, 0.25) is 0 Å². The highest BCUT2D eigenvalue weighted by Gasteiger charge is 2.49. The van der Waals surface area contributed by atoms with Gasteiger partial charge in [0.05, 0.1) is 0 Å². The third-order valence-electron chi connectivity index (χ3n) is 5.21. The fourth-order valence-electron chi connectivity index (χ4n) is 3.65. The molecule has 30 heavy (non-hydrogen) atoms. The van der Waals surface area contributed by atoms with E-state index in [2.05, 4.69) is 5.32 Å². The van der Waals surface area contributed by atoms with E-state index < -0.39 is 36.1 Å². The molecule has 164 valence electrons. The summed E-state index contributed by atoms with van der Waals surface area (Å²) < 4.78 is 5.24. The predicted octanol–water partition coefficient (Wildman–Crippen LogP) is 2.34. The van der Waals surface area contributed by atoms with Gasteiger partial charge in [-0.2, -0.15) is 0 Å². The van der Waals surface area contributed by atoms with E-state index in [-0.39, 0.29) is 18.0 Å². The Bertz CT molecular complexity index is 826. The Labute approximate surface area is 177 Å². The van der Waals surface area contributed by atoms with E-state index >= 15 is 0 Å². The van der Waals surface area contributed by atoms with Crippen LogP contribution in [0.3, 0.4) is 0 Å². The minimum atomic E-state index is -1.27. The second kappa shape index (κ2) is 8.85. The summed E-state index contributed by atoms with van der Waals surface area (Å²) >= 11 is 0. The minimum Gasteiger partial charge on any atom is -0.451 e. The van der Waals surface area contributed by atoms with Crippen LogP contribution in [0.1, 0.15) is 52.7 Å². The second-order valence-corrected chi connectivity index (χ2v) is 8.38. The van der Waals surface area contributed by atoms with Crippen molar-refractivity contribution in [3.63, 3.8) is 0 Å². The van der Waals surface area contributed by atoms with E-state index in [4.69, 9.17) is 4.74 Å². The van der Waals surface area contributed by atoms with Gasteiger partial charge in [-0.3, -0.25) is 19.3 Å². The van der Waals surface area contributed by atoms with Gasteiger partial charge >= 0.3 is 12.0 Å². The van der Waals surface area contributed by atoms with Crippen LogP contribution in [0.4, 0.5) is 4.79 Å². The number of amides is 4. The number of benzene rings is 1. The zero-order valence-corrected chi connectivity index (χ0v) is 18.7. The zero-order chi connectivity index (χ0) is 22.8. The maximum Gasteiger partial charge on any atom is 0.327 e. The van der Waals surface area contributed by atoms with Crippen molar-refractivity contribution in [3.05, 3.63) is 35.4 Å². The van der Waals surface area contributed by atoms with E-state index in [9.17, 15) is 19.2 Å². The summed E-state index contributed by atoms with van der Waals surface area (Å²) in [5.74, 6) is -1.69. The van der Waals surface area contributed by atoms with Gasteiger partial charge < -0.3 is 15.0 Å². The molecule has 4 amide bonds. The molecule has 1 fully saturated rings. The van der Waals surface area contributed by atoms with Crippen LogP contribution in [0.25, 0.3) is 0 Å². The molecule has 0 saturated carbocycles. The Morgan fingerprint density at radius 2 is 1.60 bits per heavy atom. The van der Waals surface area contributed by atoms with Crippen molar-refractivity contribution >= 4 is 23.8 Å². The molecule has 1 heterocycles. The van der Waals surface area contributed by atoms with Crippen LogP contribution in [0, 0.1) is 6.92 Å². The fourth-order valence-corrected chi connectivity index (χ4v) is 3.65. The maximum absolute atomic E-state index is 12.9. The van der Waals surface area contributed by atoms with E-state index in [1.807, 2.05) is 46.8 Å². The molecule has 0 bridgehead atoms. The molecule has 8 nitrogen and oxygen atoms in total. The lowest BCUT2D eigenvalue weighted by atomic mass is 9.91. The lowest BCUT2D eigenvalue weighted by Crippen LogP contribution is -2.48. The van der Waals surface area contributed by atoms with Crippen molar-refractivity contribution < 1.29 is 23.9 Å².